The van der Waals surface area contributed by atoms with E-state index in [-0.39, 0.29) is 5.91 Å². The van der Waals surface area contributed by atoms with Crippen LogP contribution in [0.1, 0.15) is 88.7 Å². The molecule has 0 atom stereocenters. The number of carbonyl (C=O) groups is 1. The van der Waals surface area contributed by atoms with Crippen molar-refractivity contribution in [3.63, 3.8) is 0 Å². The van der Waals surface area contributed by atoms with Crippen LogP contribution in [-0.4, -0.2) is 54.1 Å². The van der Waals surface area contributed by atoms with Gasteiger partial charge in [0.1, 0.15) is 5.75 Å². The van der Waals surface area contributed by atoms with Gasteiger partial charge >= 0.3 is 0 Å². The van der Waals surface area contributed by atoms with E-state index in [9.17, 15) is 9.90 Å². The molecule has 0 aliphatic carbocycles. The third-order valence-corrected chi connectivity index (χ3v) is 10.1. The Morgan fingerprint density at radius 2 is 1.54 bits per heavy atom. The van der Waals surface area contributed by atoms with Crippen LogP contribution in [0, 0.1) is 0 Å². The van der Waals surface area contributed by atoms with Gasteiger partial charge in [-0.1, -0.05) is 105 Å². The summed E-state index contributed by atoms with van der Waals surface area (Å²) < 4.78 is 5.67. The number of likely N-dealkylation sites (tertiary alicyclic amines) is 1. The number of amides is 1. The topological polar surface area (TPSA) is 53.0 Å². The first kappa shape index (κ1) is 36.6. The van der Waals surface area contributed by atoms with E-state index in [0.717, 1.165) is 61.2 Å². The summed E-state index contributed by atoms with van der Waals surface area (Å²) in [6.07, 6.45) is 11.0. The van der Waals surface area contributed by atoms with E-state index in [1.54, 1.807) is 7.11 Å². The Balaban J connectivity index is 1.40. The fourth-order valence-corrected chi connectivity index (χ4v) is 7.12. The molecule has 0 bridgehead atoms. The summed E-state index contributed by atoms with van der Waals surface area (Å²) in [5, 5.41) is 13.1. The molecule has 4 rings (SSSR count). The molecule has 5 nitrogen and oxygen atoms in total. The van der Waals surface area contributed by atoms with Crippen molar-refractivity contribution in [3.8, 4) is 16.9 Å². The number of hydrogen-bond acceptors (Lipinski definition) is 4. The van der Waals surface area contributed by atoms with Gasteiger partial charge < -0.3 is 19.6 Å². The molecule has 1 aliphatic heterocycles. The predicted molar refractivity (Wildman–Crippen MR) is 192 cm³/mol. The molecule has 3 aromatic rings. The van der Waals surface area contributed by atoms with Crippen LogP contribution in [-0.2, 0) is 16.9 Å². The van der Waals surface area contributed by atoms with E-state index < -0.39 is 5.60 Å². The van der Waals surface area contributed by atoms with Crippen molar-refractivity contribution in [2.45, 2.75) is 89.7 Å². The van der Waals surface area contributed by atoms with Crippen molar-refractivity contribution in [3.05, 3.63) is 86.9 Å². The highest BCUT2D eigenvalue weighted by Gasteiger charge is 2.33. The van der Waals surface area contributed by atoms with Gasteiger partial charge in [0.15, 0.2) is 0 Å². The normalized spacial score (nSPS) is 14.7. The average Bonchev–Trinajstić information content (AvgIpc) is 3.05. The Labute approximate surface area is 290 Å². The smallest absolute Gasteiger partial charge is 0.222 e. The monoisotopic (exact) mass is 686 g/mol. The van der Waals surface area contributed by atoms with Crippen LogP contribution in [0.25, 0.3) is 11.1 Å². The second-order valence-electron chi connectivity index (χ2n) is 12.6. The maximum absolute atomic E-state index is 13.6. The van der Waals surface area contributed by atoms with Crippen LogP contribution >= 0.6 is 34.8 Å². The average molecular weight is 688 g/mol. The Hall–Kier alpha value is -2.28. The number of piperidine rings is 1. The third kappa shape index (κ3) is 10.4. The highest BCUT2D eigenvalue weighted by molar-refractivity contribution is 6.39. The van der Waals surface area contributed by atoms with Gasteiger partial charge in [-0.3, -0.25) is 4.79 Å². The quantitative estimate of drug-likeness (QED) is 0.144. The Kier molecular flexibility index (Phi) is 14.6. The summed E-state index contributed by atoms with van der Waals surface area (Å²) >= 11 is 19.2. The molecule has 1 fully saturated rings. The van der Waals surface area contributed by atoms with Gasteiger partial charge in [-0.15, -0.1) is 0 Å². The summed E-state index contributed by atoms with van der Waals surface area (Å²) in [6, 6.07) is 19.0. The highest BCUT2D eigenvalue weighted by Crippen LogP contribution is 2.40. The minimum absolute atomic E-state index is 0.192. The number of aliphatic hydroxyl groups is 1. The zero-order chi connectivity index (χ0) is 32.9. The molecule has 1 amide bonds. The molecule has 1 heterocycles. The molecular formula is C38H49Cl3N2O3. The molecule has 1 saturated heterocycles. The Morgan fingerprint density at radius 3 is 2.20 bits per heavy atom. The van der Waals surface area contributed by atoms with Gasteiger partial charge in [-0.25, -0.2) is 0 Å². The van der Waals surface area contributed by atoms with Crippen LogP contribution in [0.15, 0.2) is 60.7 Å². The second kappa shape index (κ2) is 18.3. The van der Waals surface area contributed by atoms with Crippen molar-refractivity contribution in [2.75, 3.05) is 33.3 Å². The van der Waals surface area contributed by atoms with E-state index in [1.165, 1.54) is 32.1 Å². The standard InChI is InChI=1S/C38H49Cl3N2O3/c1-3-4-5-6-7-8-9-14-36(44)43(24-11-23-42-25-21-38(45,22-26-42)30-16-18-31(39)19-17-30)28-29-15-20-35(46-2)32(27-29)37-33(40)12-10-13-34(37)41/h10,12-13,15-20,27,45H,3-9,11,14,21-26,28H2,1-2H3. The molecule has 1 N–H and O–H groups in total. The molecular weight excluding hydrogens is 639 g/mol. The molecule has 3 aromatic carbocycles. The van der Waals surface area contributed by atoms with Gasteiger partial charge in [0, 0.05) is 48.7 Å². The van der Waals surface area contributed by atoms with Crippen molar-refractivity contribution in [2.24, 2.45) is 0 Å². The van der Waals surface area contributed by atoms with Crippen LogP contribution in [0.5, 0.6) is 5.75 Å². The van der Waals surface area contributed by atoms with Crippen molar-refractivity contribution >= 4 is 40.7 Å². The fourth-order valence-electron chi connectivity index (χ4n) is 6.39. The third-order valence-electron chi connectivity index (χ3n) is 9.18. The summed E-state index contributed by atoms with van der Waals surface area (Å²) in [6.45, 7) is 5.90. The molecule has 8 heteroatoms. The highest BCUT2D eigenvalue weighted by atomic mass is 35.5. The van der Waals surface area contributed by atoms with Gasteiger partial charge in [-0.05, 0) is 79.8 Å². The fraction of sp³-hybridized carbons (Fsp3) is 0.500. The number of hydrogen-bond donors (Lipinski definition) is 1. The largest absolute Gasteiger partial charge is 0.496 e. The number of carbonyl (C=O) groups excluding carboxylic acids is 1. The van der Waals surface area contributed by atoms with Gasteiger partial charge in [0.2, 0.25) is 5.91 Å². The maximum Gasteiger partial charge on any atom is 0.222 e. The van der Waals surface area contributed by atoms with E-state index >= 15 is 0 Å². The van der Waals surface area contributed by atoms with E-state index in [4.69, 9.17) is 39.5 Å². The Bertz CT molecular complexity index is 1370. The molecule has 0 radical (unpaired) electrons. The first-order valence-electron chi connectivity index (χ1n) is 16.8. The lowest BCUT2D eigenvalue weighted by atomic mass is 9.84. The zero-order valence-electron chi connectivity index (χ0n) is 27.4. The SMILES string of the molecule is CCCCCCCCCC(=O)N(CCCN1CCC(O)(c2ccc(Cl)cc2)CC1)Cc1ccc(OC)c(-c2c(Cl)cccc2Cl)c1. The first-order chi connectivity index (χ1) is 22.2. The van der Waals surface area contributed by atoms with Gasteiger partial charge in [0.05, 0.1) is 22.8 Å². The minimum Gasteiger partial charge on any atom is -0.496 e. The zero-order valence-corrected chi connectivity index (χ0v) is 29.6. The first-order valence-corrected chi connectivity index (χ1v) is 18.0. The van der Waals surface area contributed by atoms with Crippen LogP contribution in [0.3, 0.4) is 0 Å². The number of ether oxygens (including phenoxy) is 1. The number of rotatable bonds is 17. The van der Waals surface area contributed by atoms with Crippen LogP contribution < -0.4 is 4.74 Å². The molecule has 250 valence electrons. The van der Waals surface area contributed by atoms with Gasteiger partial charge in [-0.2, -0.15) is 0 Å². The molecule has 1 aliphatic rings. The van der Waals surface area contributed by atoms with Gasteiger partial charge in [0.25, 0.3) is 0 Å². The summed E-state index contributed by atoms with van der Waals surface area (Å²) in [5.74, 6) is 0.876. The van der Waals surface area contributed by atoms with Crippen LogP contribution in [0.2, 0.25) is 15.1 Å². The van der Waals surface area contributed by atoms with Crippen molar-refractivity contribution in [1.82, 2.24) is 9.80 Å². The maximum atomic E-state index is 13.6. The minimum atomic E-state index is -0.823. The number of unbranched alkanes of at least 4 members (excludes halogenated alkanes) is 6. The Morgan fingerprint density at radius 1 is 0.891 bits per heavy atom. The number of nitrogens with zero attached hydrogens (tertiary/aromatic N) is 2. The number of halogens is 3. The molecule has 0 spiro atoms. The molecule has 0 aromatic heterocycles. The number of methoxy groups -OCH3 is 1. The lowest BCUT2D eigenvalue weighted by Crippen LogP contribution is -2.43. The lowest BCUT2D eigenvalue weighted by Gasteiger charge is -2.38. The van der Waals surface area contributed by atoms with E-state index in [1.807, 2.05) is 65.6 Å². The molecule has 0 unspecified atom stereocenters. The molecule has 0 saturated carbocycles. The summed E-state index contributed by atoms with van der Waals surface area (Å²) in [5.41, 5.74) is 2.66. The lowest BCUT2D eigenvalue weighted by molar-refractivity contribution is -0.132. The van der Waals surface area contributed by atoms with E-state index in [2.05, 4.69) is 11.8 Å². The van der Waals surface area contributed by atoms with Crippen molar-refractivity contribution < 1.29 is 14.6 Å². The predicted octanol–water partition coefficient (Wildman–Crippen LogP) is 10.2. The number of benzene rings is 3. The second-order valence-corrected chi connectivity index (χ2v) is 13.8. The van der Waals surface area contributed by atoms with E-state index in [0.29, 0.717) is 53.2 Å². The van der Waals surface area contributed by atoms with Crippen molar-refractivity contribution in [1.29, 1.82) is 0 Å². The summed E-state index contributed by atoms with van der Waals surface area (Å²) in [4.78, 5) is 18.0. The molecule has 46 heavy (non-hydrogen) atoms. The summed E-state index contributed by atoms with van der Waals surface area (Å²) in [7, 11) is 1.64. The van der Waals surface area contributed by atoms with Crippen LogP contribution in [0.4, 0.5) is 0 Å².